The van der Waals surface area contributed by atoms with Gasteiger partial charge >= 0.3 is 0 Å². The van der Waals surface area contributed by atoms with Crippen LogP contribution < -0.4 is 5.32 Å². The lowest BCUT2D eigenvalue weighted by molar-refractivity contribution is 0.0916. The average molecular weight is 298 g/mol. The van der Waals surface area contributed by atoms with Crippen molar-refractivity contribution in [2.24, 2.45) is 0 Å². The fourth-order valence-corrected chi connectivity index (χ4v) is 1.90. The number of carbonyl (C=O) groups is 1. The number of halogens is 2. The largest absolute Gasteiger partial charge is 0.451 e. The molecule has 19 heavy (non-hydrogen) atoms. The molecule has 2 aromatic rings. The van der Waals surface area contributed by atoms with Crippen LogP contribution in [0.3, 0.4) is 0 Å². The summed E-state index contributed by atoms with van der Waals surface area (Å²) in [5, 5.41) is 3.69. The van der Waals surface area contributed by atoms with E-state index in [1.54, 1.807) is 30.3 Å². The molecule has 0 radical (unpaired) electrons. The number of nitrogens with one attached hydrogen (secondary N) is 1. The highest BCUT2D eigenvalue weighted by Crippen LogP contribution is 2.29. The monoisotopic (exact) mass is 297 g/mol. The molecule has 0 aliphatic rings. The Morgan fingerprint density at radius 1 is 1.16 bits per heavy atom. The third kappa shape index (κ3) is 3.31. The Morgan fingerprint density at radius 2 is 1.89 bits per heavy atom. The van der Waals surface area contributed by atoms with Gasteiger partial charge < -0.3 is 9.73 Å². The van der Waals surface area contributed by atoms with Crippen LogP contribution in [0.4, 0.5) is 0 Å². The van der Waals surface area contributed by atoms with Crippen molar-refractivity contribution in [3.8, 4) is 11.3 Å². The van der Waals surface area contributed by atoms with Gasteiger partial charge in [0.05, 0.1) is 10.0 Å². The lowest BCUT2D eigenvalue weighted by atomic mass is 10.2. The Morgan fingerprint density at radius 3 is 2.53 bits per heavy atom. The molecule has 2 rings (SSSR count). The Labute approximate surface area is 121 Å². The van der Waals surface area contributed by atoms with Crippen LogP contribution in [0.15, 0.2) is 34.7 Å². The van der Waals surface area contributed by atoms with E-state index in [0.29, 0.717) is 15.8 Å². The molecule has 0 saturated carbocycles. The van der Waals surface area contributed by atoms with Gasteiger partial charge in [-0.05, 0) is 44.2 Å². The third-order valence-electron chi connectivity index (χ3n) is 2.45. The van der Waals surface area contributed by atoms with Gasteiger partial charge in [-0.1, -0.05) is 23.2 Å². The maximum Gasteiger partial charge on any atom is 0.287 e. The normalized spacial score (nSPS) is 10.8. The molecule has 1 heterocycles. The van der Waals surface area contributed by atoms with Crippen LogP contribution >= 0.6 is 23.2 Å². The van der Waals surface area contributed by atoms with E-state index >= 15 is 0 Å². The van der Waals surface area contributed by atoms with E-state index < -0.39 is 0 Å². The van der Waals surface area contributed by atoms with E-state index in [-0.39, 0.29) is 17.7 Å². The molecular weight excluding hydrogens is 285 g/mol. The average Bonchev–Trinajstić information content (AvgIpc) is 2.81. The lowest BCUT2D eigenvalue weighted by Crippen LogP contribution is -2.29. The van der Waals surface area contributed by atoms with Crippen molar-refractivity contribution in [3.05, 3.63) is 46.1 Å². The highest BCUT2D eigenvalue weighted by molar-refractivity contribution is 6.42. The molecule has 100 valence electrons. The first-order valence-corrected chi connectivity index (χ1v) is 6.59. The molecule has 0 aliphatic heterocycles. The first-order valence-electron chi connectivity index (χ1n) is 5.83. The van der Waals surface area contributed by atoms with Gasteiger partial charge in [-0.25, -0.2) is 0 Å². The molecule has 0 bridgehead atoms. The van der Waals surface area contributed by atoms with Crippen LogP contribution in [0.2, 0.25) is 10.0 Å². The fraction of sp³-hybridized carbons (Fsp3) is 0.214. The number of furan rings is 1. The highest BCUT2D eigenvalue weighted by atomic mass is 35.5. The summed E-state index contributed by atoms with van der Waals surface area (Å²) in [7, 11) is 0. The van der Waals surface area contributed by atoms with Crippen LogP contribution in [0.5, 0.6) is 0 Å². The van der Waals surface area contributed by atoms with Gasteiger partial charge in [0.25, 0.3) is 5.91 Å². The van der Waals surface area contributed by atoms with Gasteiger partial charge in [-0.2, -0.15) is 0 Å². The predicted molar refractivity (Wildman–Crippen MR) is 76.8 cm³/mol. The van der Waals surface area contributed by atoms with Crippen molar-refractivity contribution in [3.63, 3.8) is 0 Å². The molecule has 0 atom stereocenters. The summed E-state index contributed by atoms with van der Waals surface area (Å²) in [5.74, 6) is 0.614. The summed E-state index contributed by atoms with van der Waals surface area (Å²) in [4.78, 5) is 11.8. The molecule has 0 saturated heterocycles. The Hall–Kier alpha value is -1.45. The first-order chi connectivity index (χ1) is 8.97. The second-order valence-corrected chi connectivity index (χ2v) is 5.24. The molecule has 5 heteroatoms. The molecule has 1 amide bonds. The van der Waals surface area contributed by atoms with Crippen LogP contribution in [-0.4, -0.2) is 11.9 Å². The SMILES string of the molecule is CC(C)NC(=O)c1ccc(-c2ccc(Cl)c(Cl)c2)o1. The number of hydrogen-bond donors (Lipinski definition) is 1. The third-order valence-corrected chi connectivity index (χ3v) is 3.19. The molecule has 0 aliphatic carbocycles. The van der Waals surface area contributed by atoms with E-state index in [0.717, 1.165) is 5.56 Å². The topological polar surface area (TPSA) is 42.2 Å². The van der Waals surface area contributed by atoms with Crippen molar-refractivity contribution in [2.75, 3.05) is 0 Å². The second-order valence-electron chi connectivity index (χ2n) is 4.42. The van der Waals surface area contributed by atoms with Gasteiger partial charge in [-0.3, -0.25) is 4.79 Å². The minimum atomic E-state index is -0.235. The first kappa shape index (κ1) is 14.0. The van der Waals surface area contributed by atoms with Gasteiger partial charge in [0.1, 0.15) is 5.76 Å². The van der Waals surface area contributed by atoms with Crippen molar-refractivity contribution in [2.45, 2.75) is 19.9 Å². The Balaban J connectivity index is 2.25. The van der Waals surface area contributed by atoms with Crippen molar-refractivity contribution in [1.29, 1.82) is 0 Å². The zero-order chi connectivity index (χ0) is 14.0. The highest BCUT2D eigenvalue weighted by Gasteiger charge is 2.13. The molecule has 1 aromatic heterocycles. The molecule has 3 nitrogen and oxygen atoms in total. The number of benzene rings is 1. The molecule has 0 spiro atoms. The molecule has 1 N–H and O–H groups in total. The summed E-state index contributed by atoms with van der Waals surface area (Å²) in [6.07, 6.45) is 0. The second kappa shape index (κ2) is 5.68. The summed E-state index contributed by atoms with van der Waals surface area (Å²) < 4.78 is 5.51. The standard InChI is InChI=1S/C14H13Cl2NO2/c1-8(2)17-14(18)13-6-5-12(19-13)9-3-4-10(15)11(16)7-9/h3-8H,1-2H3,(H,17,18). The molecule has 0 unspecified atom stereocenters. The summed E-state index contributed by atoms with van der Waals surface area (Å²) in [6, 6.07) is 8.61. The van der Waals surface area contributed by atoms with Gasteiger partial charge in [0.15, 0.2) is 5.76 Å². The van der Waals surface area contributed by atoms with Crippen molar-refractivity contribution >= 4 is 29.1 Å². The maximum absolute atomic E-state index is 11.8. The summed E-state index contributed by atoms with van der Waals surface area (Å²) in [6.45, 7) is 3.78. The predicted octanol–water partition coefficient (Wildman–Crippen LogP) is 4.39. The van der Waals surface area contributed by atoms with Crippen LogP contribution in [0.1, 0.15) is 24.4 Å². The summed E-state index contributed by atoms with van der Waals surface area (Å²) in [5.41, 5.74) is 0.776. The zero-order valence-electron chi connectivity index (χ0n) is 10.5. The lowest BCUT2D eigenvalue weighted by Gasteiger charge is -2.05. The summed E-state index contributed by atoms with van der Waals surface area (Å²) >= 11 is 11.8. The van der Waals surface area contributed by atoms with Crippen molar-refractivity contribution in [1.82, 2.24) is 5.32 Å². The van der Waals surface area contributed by atoms with E-state index in [9.17, 15) is 4.79 Å². The van der Waals surface area contributed by atoms with Crippen molar-refractivity contribution < 1.29 is 9.21 Å². The minimum absolute atomic E-state index is 0.0611. The van der Waals surface area contributed by atoms with Gasteiger partial charge in [0, 0.05) is 11.6 Å². The maximum atomic E-state index is 11.8. The Kier molecular flexibility index (Phi) is 4.17. The molecule has 0 fully saturated rings. The molecule has 1 aromatic carbocycles. The van der Waals surface area contributed by atoms with E-state index in [1.165, 1.54) is 0 Å². The number of carbonyl (C=O) groups excluding carboxylic acids is 1. The number of rotatable bonds is 3. The Bertz CT molecular complexity index is 605. The number of hydrogen-bond acceptors (Lipinski definition) is 2. The van der Waals surface area contributed by atoms with E-state index in [1.807, 2.05) is 13.8 Å². The van der Waals surface area contributed by atoms with Crippen LogP contribution in [0.25, 0.3) is 11.3 Å². The van der Waals surface area contributed by atoms with Gasteiger partial charge in [-0.15, -0.1) is 0 Å². The smallest absolute Gasteiger partial charge is 0.287 e. The quantitative estimate of drug-likeness (QED) is 0.913. The van der Waals surface area contributed by atoms with Gasteiger partial charge in [0.2, 0.25) is 0 Å². The van der Waals surface area contributed by atoms with Crippen LogP contribution in [0, 0.1) is 0 Å². The molecular formula is C14H13Cl2NO2. The van der Waals surface area contributed by atoms with E-state index in [2.05, 4.69) is 5.32 Å². The minimum Gasteiger partial charge on any atom is -0.451 e. The fourth-order valence-electron chi connectivity index (χ4n) is 1.60. The van der Waals surface area contributed by atoms with Crippen LogP contribution in [-0.2, 0) is 0 Å². The van der Waals surface area contributed by atoms with E-state index in [4.69, 9.17) is 27.6 Å². The zero-order valence-corrected chi connectivity index (χ0v) is 12.0. The number of amides is 1.